The van der Waals surface area contributed by atoms with E-state index >= 15 is 0 Å². The lowest BCUT2D eigenvalue weighted by Crippen LogP contribution is -2.46. The first-order valence-corrected chi connectivity index (χ1v) is 6.50. The zero-order valence-electron chi connectivity index (χ0n) is 10.3. The SMILES string of the molecule is OC1(c2cn[nH]n2)CCCN(c2ccc(Cl)cn2)C1. The number of β-amino-alcohol motifs (C(OH)–C–C–N with tert-alkyl or cyclic N) is 1. The summed E-state index contributed by atoms with van der Waals surface area (Å²) in [5, 5.41) is 21.6. The summed E-state index contributed by atoms with van der Waals surface area (Å²) in [7, 11) is 0. The highest BCUT2D eigenvalue weighted by molar-refractivity contribution is 6.30. The molecule has 7 heteroatoms. The normalized spacial score (nSPS) is 23.6. The topological polar surface area (TPSA) is 77.9 Å². The van der Waals surface area contributed by atoms with E-state index in [2.05, 4.69) is 20.4 Å². The van der Waals surface area contributed by atoms with Gasteiger partial charge in [-0.3, -0.25) is 0 Å². The van der Waals surface area contributed by atoms with Crippen LogP contribution in [0, 0.1) is 0 Å². The van der Waals surface area contributed by atoms with E-state index in [0.717, 1.165) is 18.8 Å². The molecule has 1 aliphatic rings. The van der Waals surface area contributed by atoms with Gasteiger partial charge < -0.3 is 10.0 Å². The van der Waals surface area contributed by atoms with E-state index in [9.17, 15) is 5.11 Å². The second kappa shape index (κ2) is 4.79. The molecule has 100 valence electrons. The standard InChI is InChI=1S/C12H14ClN5O/c13-9-2-3-11(14-6-9)18-5-1-4-12(19,8-18)10-7-15-17-16-10/h2-3,6-7,19H,1,4-5,8H2,(H,15,16,17). The van der Waals surface area contributed by atoms with Crippen LogP contribution in [0.25, 0.3) is 0 Å². The van der Waals surface area contributed by atoms with Crippen molar-refractivity contribution in [2.75, 3.05) is 18.0 Å². The molecule has 1 aliphatic heterocycles. The van der Waals surface area contributed by atoms with Gasteiger partial charge in [0.2, 0.25) is 0 Å². The lowest BCUT2D eigenvalue weighted by molar-refractivity contribution is 0.0175. The number of pyridine rings is 1. The molecule has 3 heterocycles. The van der Waals surface area contributed by atoms with Crippen LogP contribution in [-0.2, 0) is 5.60 Å². The molecule has 1 saturated heterocycles. The Morgan fingerprint density at radius 1 is 1.37 bits per heavy atom. The third kappa shape index (κ3) is 2.41. The van der Waals surface area contributed by atoms with Crippen molar-refractivity contribution in [3.63, 3.8) is 0 Å². The lowest BCUT2D eigenvalue weighted by atomic mass is 9.90. The second-order valence-corrected chi connectivity index (χ2v) is 5.18. The van der Waals surface area contributed by atoms with Crippen LogP contribution in [0.5, 0.6) is 0 Å². The van der Waals surface area contributed by atoms with Crippen molar-refractivity contribution in [1.82, 2.24) is 20.4 Å². The summed E-state index contributed by atoms with van der Waals surface area (Å²) in [6.45, 7) is 1.31. The molecule has 0 aliphatic carbocycles. The summed E-state index contributed by atoms with van der Waals surface area (Å²) in [5.41, 5.74) is -0.404. The van der Waals surface area contributed by atoms with Crippen LogP contribution in [0.2, 0.25) is 5.02 Å². The van der Waals surface area contributed by atoms with E-state index < -0.39 is 5.60 Å². The number of nitrogens with one attached hydrogen (secondary N) is 1. The predicted molar refractivity (Wildman–Crippen MR) is 71.0 cm³/mol. The number of aliphatic hydroxyl groups is 1. The summed E-state index contributed by atoms with van der Waals surface area (Å²) in [6, 6.07) is 3.66. The fourth-order valence-electron chi connectivity index (χ4n) is 2.42. The van der Waals surface area contributed by atoms with Crippen LogP contribution in [-0.4, -0.2) is 38.6 Å². The van der Waals surface area contributed by atoms with Crippen molar-refractivity contribution >= 4 is 17.4 Å². The van der Waals surface area contributed by atoms with Gasteiger partial charge >= 0.3 is 0 Å². The van der Waals surface area contributed by atoms with Gasteiger partial charge in [0.05, 0.1) is 17.8 Å². The number of hydrogen-bond donors (Lipinski definition) is 2. The molecule has 0 spiro atoms. The first-order valence-electron chi connectivity index (χ1n) is 6.12. The molecule has 2 aromatic heterocycles. The van der Waals surface area contributed by atoms with Gasteiger partial charge in [0.15, 0.2) is 0 Å². The van der Waals surface area contributed by atoms with Crippen molar-refractivity contribution < 1.29 is 5.11 Å². The van der Waals surface area contributed by atoms with Gasteiger partial charge in [-0.25, -0.2) is 4.98 Å². The van der Waals surface area contributed by atoms with Crippen LogP contribution < -0.4 is 4.90 Å². The Bertz CT molecular complexity index is 544. The molecule has 0 saturated carbocycles. The Morgan fingerprint density at radius 3 is 2.95 bits per heavy atom. The smallest absolute Gasteiger partial charge is 0.128 e. The van der Waals surface area contributed by atoms with Crippen LogP contribution in [0.1, 0.15) is 18.5 Å². The number of halogens is 1. The average molecular weight is 280 g/mol. The van der Waals surface area contributed by atoms with E-state index in [1.165, 1.54) is 0 Å². The fourth-order valence-corrected chi connectivity index (χ4v) is 2.53. The monoisotopic (exact) mass is 279 g/mol. The van der Waals surface area contributed by atoms with E-state index in [0.29, 0.717) is 23.7 Å². The Kier molecular flexibility index (Phi) is 3.12. The predicted octanol–water partition coefficient (Wildman–Crippen LogP) is 1.34. The minimum absolute atomic E-state index is 0.453. The first kappa shape index (κ1) is 12.4. The van der Waals surface area contributed by atoms with Crippen molar-refractivity contribution in [2.45, 2.75) is 18.4 Å². The molecular weight excluding hydrogens is 266 g/mol. The highest BCUT2D eigenvalue weighted by Gasteiger charge is 2.37. The summed E-state index contributed by atoms with van der Waals surface area (Å²) >= 11 is 5.84. The maximum Gasteiger partial charge on any atom is 0.128 e. The Balaban J connectivity index is 1.83. The lowest BCUT2D eigenvalue weighted by Gasteiger charge is -2.38. The van der Waals surface area contributed by atoms with E-state index in [1.54, 1.807) is 18.5 Å². The molecular formula is C12H14ClN5O. The number of rotatable bonds is 2. The Morgan fingerprint density at radius 2 is 2.26 bits per heavy atom. The van der Waals surface area contributed by atoms with E-state index in [-0.39, 0.29) is 0 Å². The Hall–Kier alpha value is -1.66. The maximum atomic E-state index is 10.7. The average Bonchev–Trinajstić information content (AvgIpc) is 2.94. The number of H-pyrrole nitrogens is 1. The van der Waals surface area contributed by atoms with Gasteiger partial charge in [-0.05, 0) is 25.0 Å². The highest BCUT2D eigenvalue weighted by Crippen LogP contribution is 2.31. The number of aromatic amines is 1. The molecule has 2 N–H and O–H groups in total. The van der Waals surface area contributed by atoms with Gasteiger partial charge in [-0.2, -0.15) is 15.4 Å². The summed E-state index contributed by atoms with van der Waals surface area (Å²) in [6.07, 6.45) is 4.72. The fraction of sp³-hybridized carbons (Fsp3) is 0.417. The van der Waals surface area contributed by atoms with Gasteiger partial charge in [0, 0.05) is 12.7 Å². The quantitative estimate of drug-likeness (QED) is 0.867. The van der Waals surface area contributed by atoms with Crippen LogP contribution in [0.15, 0.2) is 24.5 Å². The minimum atomic E-state index is -0.980. The Labute approximate surface area is 115 Å². The summed E-state index contributed by atoms with van der Waals surface area (Å²) < 4.78 is 0. The molecule has 3 rings (SSSR count). The molecule has 6 nitrogen and oxygen atoms in total. The molecule has 1 fully saturated rings. The van der Waals surface area contributed by atoms with Gasteiger partial charge in [0.1, 0.15) is 17.1 Å². The third-order valence-corrected chi connectivity index (χ3v) is 3.62. The van der Waals surface area contributed by atoms with Crippen molar-refractivity contribution in [1.29, 1.82) is 0 Å². The van der Waals surface area contributed by atoms with Crippen molar-refractivity contribution in [3.05, 3.63) is 35.2 Å². The van der Waals surface area contributed by atoms with Crippen LogP contribution in [0.4, 0.5) is 5.82 Å². The molecule has 1 unspecified atom stereocenters. The minimum Gasteiger partial charge on any atom is -0.382 e. The van der Waals surface area contributed by atoms with E-state index in [1.807, 2.05) is 11.0 Å². The number of nitrogens with zero attached hydrogens (tertiary/aromatic N) is 4. The summed E-state index contributed by atoms with van der Waals surface area (Å²) in [5.74, 6) is 0.811. The van der Waals surface area contributed by atoms with Crippen molar-refractivity contribution in [2.24, 2.45) is 0 Å². The van der Waals surface area contributed by atoms with Gasteiger partial charge in [-0.1, -0.05) is 11.6 Å². The molecule has 0 radical (unpaired) electrons. The van der Waals surface area contributed by atoms with Crippen LogP contribution >= 0.6 is 11.6 Å². The molecule has 1 atom stereocenters. The van der Waals surface area contributed by atoms with E-state index in [4.69, 9.17) is 11.6 Å². The number of piperidine rings is 1. The number of aromatic nitrogens is 4. The van der Waals surface area contributed by atoms with Crippen molar-refractivity contribution in [3.8, 4) is 0 Å². The zero-order valence-corrected chi connectivity index (χ0v) is 11.0. The summed E-state index contributed by atoms with van der Waals surface area (Å²) in [4.78, 5) is 6.32. The molecule has 0 bridgehead atoms. The molecule has 0 aromatic carbocycles. The second-order valence-electron chi connectivity index (χ2n) is 4.75. The van der Waals surface area contributed by atoms with Gasteiger partial charge in [-0.15, -0.1) is 0 Å². The number of anilines is 1. The third-order valence-electron chi connectivity index (χ3n) is 3.40. The molecule has 19 heavy (non-hydrogen) atoms. The first-order chi connectivity index (χ1) is 9.17. The van der Waals surface area contributed by atoms with Crippen LogP contribution in [0.3, 0.4) is 0 Å². The molecule has 2 aromatic rings. The number of hydrogen-bond acceptors (Lipinski definition) is 5. The largest absolute Gasteiger partial charge is 0.382 e. The maximum absolute atomic E-state index is 10.7. The van der Waals surface area contributed by atoms with Gasteiger partial charge in [0.25, 0.3) is 0 Å². The zero-order chi connectivity index (χ0) is 13.3. The highest BCUT2D eigenvalue weighted by atomic mass is 35.5. The molecule has 0 amide bonds.